The number of carbonyl (C=O) groups excluding carboxylic acids is 1. The highest BCUT2D eigenvalue weighted by atomic mass is 16.5. The Labute approximate surface area is 156 Å². The average molecular weight is 357 g/mol. The van der Waals surface area contributed by atoms with E-state index < -0.39 is 12.1 Å². The SMILES string of the molecule is CC(C)=CCN1CCC2(C)c3cc(OC(=O)C(C)O)ccc3CC1C2C. The molecule has 0 saturated carbocycles. The third-order valence-electron chi connectivity index (χ3n) is 6.39. The number of hydrogen-bond donors (Lipinski definition) is 1. The molecule has 0 radical (unpaired) electrons. The number of rotatable bonds is 4. The van der Waals surface area contributed by atoms with Crippen molar-refractivity contribution in [2.75, 3.05) is 13.1 Å². The van der Waals surface area contributed by atoms with Crippen LogP contribution in [-0.2, 0) is 16.6 Å². The number of aliphatic hydroxyl groups excluding tert-OH is 1. The minimum Gasteiger partial charge on any atom is -0.425 e. The van der Waals surface area contributed by atoms with E-state index in [9.17, 15) is 9.90 Å². The molecule has 0 amide bonds. The Hall–Kier alpha value is -1.65. The molecule has 4 unspecified atom stereocenters. The van der Waals surface area contributed by atoms with Gasteiger partial charge in [0.2, 0.25) is 0 Å². The molecule has 1 saturated heterocycles. The topological polar surface area (TPSA) is 49.8 Å². The standard InChI is InChI=1S/C22H31NO3/c1-14(2)8-10-23-11-9-22(5)15(3)20(23)12-17-6-7-18(13-19(17)22)26-21(25)16(4)24/h6-8,13,15-16,20,24H,9-12H2,1-5H3. The average Bonchev–Trinajstić information content (AvgIpc) is 2.57. The van der Waals surface area contributed by atoms with Gasteiger partial charge in [0.25, 0.3) is 0 Å². The summed E-state index contributed by atoms with van der Waals surface area (Å²) in [5.41, 5.74) is 4.12. The predicted molar refractivity (Wildman–Crippen MR) is 103 cm³/mol. The number of fused-ring (bicyclic) bond motifs is 4. The molecule has 142 valence electrons. The second-order valence-electron chi connectivity index (χ2n) is 8.42. The number of allylic oxidation sites excluding steroid dienone is 1. The molecule has 1 aromatic carbocycles. The number of benzene rings is 1. The maximum Gasteiger partial charge on any atom is 0.340 e. The molecule has 2 aliphatic rings. The second-order valence-corrected chi connectivity index (χ2v) is 8.42. The molecule has 0 aromatic heterocycles. The van der Waals surface area contributed by atoms with E-state index >= 15 is 0 Å². The van der Waals surface area contributed by atoms with E-state index in [1.54, 1.807) is 0 Å². The smallest absolute Gasteiger partial charge is 0.340 e. The highest BCUT2D eigenvalue weighted by Crippen LogP contribution is 2.49. The minimum absolute atomic E-state index is 0.0902. The normalized spacial score (nSPS) is 28.8. The van der Waals surface area contributed by atoms with Crippen LogP contribution in [-0.4, -0.2) is 41.2 Å². The summed E-state index contributed by atoms with van der Waals surface area (Å²) >= 11 is 0. The van der Waals surface area contributed by atoms with Crippen LogP contribution in [0, 0.1) is 5.92 Å². The van der Waals surface area contributed by atoms with Crippen LogP contribution in [0.1, 0.15) is 52.2 Å². The van der Waals surface area contributed by atoms with Crippen molar-refractivity contribution in [3.05, 3.63) is 41.0 Å². The zero-order chi connectivity index (χ0) is 19.1. The van der Waals surface area contributed by atoms with Gasteiger partial charge in [-0.2, -0.15) is 0 Å². The van der Waals surface area contributed by atoms with Crippen molar-refractivity contribution < 1.29 is 14.6 Å². The fraction of sp³-hybridized carbons (Fsp3) is 0.591. The van der Waals surface area contributed by atoms with Crippen molar-refractivity contribution >= 4 is 5.97 Å². The maximum absolute atomic E-state index is 11.7. The van der Waals surface area contributed by atoms with Crippen LogP contribution < -0.4 is 4.74 Å². The van der Waals surface area contributed by atoms with Crippen LogP contribution in [0.2, 0.25) is 0 Å². The predicted octanol–water partition coefficient (Wildman–Crippen LogP) is 3.46. The maximum atomic E-state index is 11.7. The Morgan fingerprint density at radius 1 is 1.46 bits per heavy atom. The summed E-state index contributed by atoms with van der Waals surface area (Å²) in [6.45, 7) is 12.6. The zero-order valence-corrected chi connectivity index (χ0v) is 16.6. The number of hydrogen-bond acceptors (Lipinski definition) is 4. The number of likely N-dealkylation sites (tertiary alicyclic amines) is 1. The highest BCUT2D eigenvalue weighted by Gasteiger charge is 2.48. The van der Waals surface area contributed by atoms with Gasteiger partial charge in [-0.1, -0.05) is 31.6 Å². The van der Waals surface area contributed by atoms with Crippen molar-refractivity contribution in [3.8, 4) is 5.75 Å². The summed E-state index contributed by atoms with van der Waals surface area (Å²) in [7, 11) is 0. The van der Waals surface area contributed by atoms with Crippen molar-refractivity contribution in [2.45, 2.75) is 65.0 Å². The van der Waals surface area contributed by atoms with E-state index in [1.165, 1.54) is 23.6 Å². The number of nitrogens with zero attached hydrogens (tertiary/aromatic N) is 1. The molecule has 1 aliphatic carbocycles. The molecule has 1 heterocycles. The second kappa shape index (κ2) is 7.16. The summed E-state index contributed by atoms with van der Waals surface area (Å²) in [6, 6.07) is 6.52. The third-order valence-corrected chi connectivity index (χ3v) is 6.39. The van der Waals surface area contributed by atoms with E-state index in [4.69, 9.17) is 4.74 Å². The fourth-order valence-electron chi connectivity index (χ4n) is 4.48. The Morgan fingerprint density at radius 3 is 2.85 bits per heavy atom. The first-order valence-electron chi connectivity index (χ1n) is 9.63. The largest absolute Gasteiger partial charge is 0.425 e. The molecular weight excluding hydrogens is 326 g/mol. The van der Waals surface area contributed by atoms with Gasteiger partial charge in [0, 0.05) is 12.6 Å². The van der Waals surface area contributed by atoms with Gasteiger partial charge in [0.05, 0.1) is 0 Å². The first kappa shape index (κ1) is 19.1. The van der Waals surface area contributed by atoms with Crippen molar-refractivity contribution in [1.29, 1.82) is 0 Å². The van der Waals surface area contributed by atoms with Gasteiger partial charge in [-0.25, -0.2) is 4.79 Å². The molecule has 1 aromatic rings. The van der Waals surface area contributed by atoms with E-state index in [-0.39, 0.29) is 5.41 Å². The fourth-order valence-corrected chi connectivity index (χ4v) is 4.48. The van der Waals surface area contributed by atoms with Crippen LogP contribution in [0.25, 0.3) is 0 Å². The van der Waals surface area contributed by atoms with Gasteiger partial charge in [-0.05, 0) is 74.8 Å². The van der Waals surface area contributed by atoms with Crippen molar-refractivity contribution in [1.82, 2.24) is 4.90 Å². The number of piperidine rings is 1. The van der Waals surface area contributed by atoms with Crippen LogP contribution in [0.5, 0.6) is 5.75 Å². The Morgan fingerprint density at radius 2 is 2.19 bits per heavy atom. The van der Waals surface area contributed by atoms with Crippen molar-refractivity contribution in [3.63, 3.8) is 0 Å². The van der Waals surface area contributed by atoms with E-state index in [2.05, 4.69) is 44.7 Å². The van der Waals surface area contributed by atoms with Gasteiger partial charge in [-0.3, -0.25) is 4.90 Å². The number of aliphatic hydroxyl groups is 1. The number of carbonyl (C=O) groups is 1. The molecule has 1 aliphatic heterocycles. The van der Waals surface area contributed by atoms with Gasteiger partial charge in [-0.15, -0.1) is 0 Å². The third kappa shape index (κ3) is 3.45. The molecule has 1 N–H and O–H groups in total. The van der Waals surface area contributed by atoms with Crippen LogP contribution in [0.4, 0.5) is 0 Å². The monoisotopic (exact) mass is 357 g/mol. The molecule has 2 bridgehead atoms. The molecule has 4 heteroatoms. The summed E-state index contributed by atoms with van der Waals surface area (Å²) in [5.74, 6) is 0.471. The number of ether oxygens (including phenoxy) is 1. The summed E-state index contributed by atoms with van der Waals surface area (Å²) in [4.78, 5) is 14.3. The summed E-state index contributed by atoms with van der Waals surface area (Å²) < 4.78 is 5.34. The van der Waals surface area contributed by atoms with Crippen LogP contribution >= 0.6 is 0 Å². The van der Waals surface area contributed by atoms with Crippen LogP contribution in [0.15, 0.2) is 29.8 Å². The Kier molecular flexibility index (Phi) is 5.27. The lowest BCUT2D eigenvalue weighted by molar-refractivity contribution is -0.142. The van der Waals surface area contributed by atoms with Gasteiger partial charge < -0.3 is 9.84 Å². The van der Waals surface area contributed by atoms with E-state index in [1.807, 2.05) is 12.1 Å². The molecule has 4 nitrogen and oxygen atoms in total. The van der Waals surface area contributed by atoms with Gasteiger partial charge >= 0.3 is 5.97 Å². The molecule has 4 atom stereocenters. The van der Waals surface area contributed by atoms with E-state index in [0.29, 0.717) is 17.7 Å². The molecule has 0 spiro atoms. The lowest BCUT2D eigenvalue weighted by Crippen LogP contribution is -2.57. The lowest BCUT2D eigenvalue weighted by atomic mass is 9.59. The summed E-state index contributed by atoms with van der Waals surface area (Å²) in [6.07, 6.45) is 3.35. The van der Waals surface area contributed by atoms with Crippen molar-refractivity contribution in [2.24, 2.45) is 5.92 Å². The minimum atomic E-state index is -1.11. The van der Waals surface area contributed by atoms with E-state index in [0.717, 1.165) is 25.9 Å². The first-order chi connectivity index (χ1) is 12.2. The molecule has 26 heavy (non-hydrogen) atoms. The summed E-state index contributed by atoms with van der Waals surface area (Å²) in [5, 5.41) is 9.39. The molecule has 3 rings (SSSR count). The first-order valence-corrected chi connectivity index (χ1v) is 9.63. The highest BCUT2D eigenvalue weighted by molar-refractivity contribution is 5.76. The molecular formula is C22H31NO3. The van der Waals surface area contributed by atoms with Gasteiger partial charge in [0.1, 0.15) is 11.9 Å². The Bertz CT molecular complexity index is 720. The van der Waals surface area contributed by atoms with Crippen LogP contribution in [0.3, 0.4) is 0 Å². The van der Waals surface area contributed by atoms with Gasteiger partial charge in [0.15, 0.2) is 0 Å². The molecule has 1 fully saturated rings. The quantitative estimate of drug-likeness (QED) is 0.509. The lowest BCUT2D eigenvalue weighted by Gasteiger charge is -2.54. The zero-order valence-electron chi connectivity index (χ0n) is 16.6. The number of esters is 1. The Balaban J connectivity index is 1.89.